The number of likely N-dealkylation sites (tertiary alicyclic amines) is 1. The Morgan fingerprint density at radius 1 is 1.28 bits per heavy atom. The standard InChI is InChI=1S/C18H24N4O3/c1-18(2,3)25-17(23)22-9-8-12(10-22)11-24-16-15(19)20-13-6-4-5-7-14(13)21-16/h4-7,12H,8-11H2,1-3H3,(H2,19,20)/t12-/m1/s1. The Morgan fingerprint density at radius 2 is 1.96 bits per heavy atom. The van der Waals surface area contributed by atoms with Gasteiger partial charge in [0.1, 0.15) is 5.60 Å². The molecule has 0 spiro atoms. The van der Waals surface area contributed by atoms with Gasteiger partial charge in [-0.25, -0.2) is 14.8 Å². The van der Waals surface area contributed by atoms with Crippen LogP contribution in [0.25, 0.3) is 11.0 Å². The fourth-order valence-electron chi connectivity index (χ4n) is 2.76. The molecule has 1 aromatic carbocycles. The van der Waals surface area contributed by atoms with Gasteiger partial charge in [0.25, 0.3) is 5.88 Å². The number of amides is 1. The molecular weight excluding hydrogens is 320 g/mol. The largest absolute Gasteiger partial charge is 0.475 e. The maximum Gasteiger partial charge on any atom is 0.410 e. The van der Waals surface area contributed by atoms with E-state index in [0.717, 1.165) is 17.5 Å². The molecule has 1 saturated heterocycles. The smallest absolute Gasteiger partial charge is 0.410 e. The minimum Gasteiger partial charge on any atom is -0.475 e. The van der Waals surface area contributed by atoms with E-state index in [9.17, 15) is 4.79 Å². The van der Waals surface area contributed by atoms with E-state index >= 15 is 0 Å². The Bertz CT molecular complexity index is 772. The first-order valence-corrected chi connectivity index (χ1v) is 8.45. The highest BCUT2D eigenvalue weighted by atomic mass is 16.6. The molecule has 1 fully saturated rings. The van der Waals surface area contributed by atoms with Crippen LogP contribution < -0.4 is 10.5 Å². The molecule has 25 heavy (non-hydrogen) atoms. The van der Waals surface area contributed by atoms with Crippen molar-refractivity contribution >= 4 is 22.9 Å². The molecule has 0 aliphatic carbocycles. The molecule has 2 aromatic rings. The number of carbonyl (C=O) groups excluding carboxylic acids is 1. The maximum atomic E-state index is 12.1. The molecular formula is C18H24N4O3. The summed E-state index contributed by atoms with van der Waals surface area (Å²) in [6.07, 6.45) is 0.583. The molecule has 3 rings (SSSR count). The van der Waals surface area contributed by atoms with Crippen LogP contribution in [0, 0.1) is 5.92 Å². The van der Waals surface area contributed by atoms with Crippen molar-refractivity contribution in [3.8, 4) is 5.88 Å². The number of nitrogens with two attached hydrogens (primary N) is 1. The maximum absolute atomic E-state index is 12.1. The number of hydrogen-bond donors (Lipinski definition) is 1. The summed E-state index contributed by atoms with van der Waals surface area (Å²) in [5.74, 6) is 0.843. The highest BCUT2D eigenvalue weighted by Crippen LogP contribution is 2.24. The molecule has 2 N–H and O–H groups in total. The van der Waals surface area contributed by atoms with Crippen LogP contribution in [-0.4, -0.2) is 46.3 Å². The van der Waals surface area contributed by atoms with Crippen LogP contribution in [0.1, 0.15) is 27.2 Å². The molecule has 1 atom stereocenters. The number of benzene rings is 1. The predicted molar refractivity (Wildman–Crippen MR) is 95.4 cm³/mol. The average Bonchev–Trinajstić information content (AvgIpc) is 3.00. The summed E-state index contributed by atoms with van der Waals surface area (Å²) in [5.41, 5.74) is 6.93. The van der Waals surface area contributed by atoms with E-state index in [0.29, 0.717) is 25.6 Å². The van der Waals surface area contributed by atoms with Crippen LogP contribution in [0.5, 0.6) is 5.88 Å². The monoisotopic (exact) mass is 344 g/mol. The molecule has 1 amide bonds. The zero-order valence-corrected chi connectivity index (χ0v) is 14.9. The lowest BCUT2D eigenvalue weighted by molar-refractivity contribution is 0.0284. The van der Waals surface area contributed by atoms with Gasteiger partial charge in [0.2, 0.25) is 0 Å². The van der Waals surface area contributed by atoms with Gasteiger partial charge in [-0.05, 0) is 39.3 Å². The van der Waals surface area contributed by atoms with Gasteiger partial charge in [0.05, 0.1) is 17.6 Å². The topological polar surface area (TPSA) is 90.6 Å². The van der Waals surface area contributed by atoms with Crippen LogP contribution >= 0.6 is 0 Å². The lowest BCUT2D eigenvalue weighted by atomic mass is 10.1. The van der Waals surface area contributed by atoms with Gasteiger partial charge in [-0.15, -0.1) is 0 Å². The number of rotatable bonds is 3. The Morgan fingerprint density at radius 3 is 2.64 bits per heavy atom. The van der Waals surface area contributed by atoms with Crippen molar-refractivity contribution in [3.63, 3.8) is 0 Å². The van der Waals surface area contributed by atoms with Crippen molar-refractivity contribution in [1.29, 1.82) is 0 Å². The van der Waals surface area contributed by atoms with E-state index < -0.39 is 5.60 Å². The fraction of sp³-hybridized carbons (Fsp3) is 0.500. The Hall–Kier alpha value is -2.57. The highest BCUT2D eigenvalue weighted by Gasteiger charge is 2.30. The highest BCUT2D eigenvalue weighted by molar-refractivity contribution is 5.76. The van der Waals surface area contributed by atoms with Crippen LogP contribution in [0.2, 0.25) is 0 Å². The Labute approximate surface area is 147 Å². The molecule has 7 nitrogen and oxygen atoms in total. The second-order valence-electron chi connectivity index (χ2n) is 7.29. The molecule has 0 bridgehead atoms. The second-order valence-corrected chi connectivity index (χ2v) is 7.29. The number of hydrogen-bond acceptors (Lipinski definition) is 6. The van der Waals surface area contributed by atoms with E-state index in [2.05, 4.69) is 9.97 Å². The summed E-state index contributed by atoms with van der Waals surface area (Å²) in [6, 6.07) is 7.51. The lowest BCUT2D eigenvalue weighted by Gasteiger charge is -2.24. The third-order valence-electron chi connectivity index (χ3n) is 3.96. The Balaban J connectivity index is 1.58. The van der Waals surface area contributed by atoms with E-state index in [-0.39, 0.29) is 17.8 Å². The number of anilines is 1. The number of fused-ring (bicyclic) bond motifs is 1. The van der Waals surface area contributed by atoms with Gasteiger partial charge in [0.15, 0.2) is 5.82 Å². The third-order valence-corrected chi connectivity index (χ3v) is 3.96. The normalized spacial score (nSPS) is 17.7. The number of nitrogen functional groups attached to an aromatic ring is 1. The van der Waals surface area contributed by atoms with Gasteiger partial charge >= 0.3 is 6.09 Å². The molecule has 1 aliphatic heterocycles. The number of aromatic nitrogens is 2. The van der Waals surface area contributed by atoms with Crippen molar-refractivity contribution in [3.05, 3.63) is 24.3 Å². The van der Waals surface area contributed by atoms with Crippen molar-refractivity contribution in [1.82, 2.24) is 14.9 Å². The van der Waals surface area contributed by atoms with Gasteiger partial charge in [0, 0.05) is 19.0 Å². The lowest BCUT2D eigenvalue weighted by Crippen LogP contribution is -2.35. The first-order valence-electron chi connectivity index (χ1n) is 8.45. The number of nitrogens with zero attached hydrogens (tertiary/aromatic N) is 3. The molecule has 1 aromatic heterocycles. The molecule has 7 heteroatoms. The summed E-state index contributed by atoms with van der Waals surface area (Å²) in [5, 5.41) is 0. The zero-order chi connectivity index (χ0) is 18.0. The van der Waals surface area contributed by atoms with Crippen LogP contribution in [-0.2, 0) is 4.74 Å². The summed E-state index contributed by atoms with van der Waals surface area (Å²) in [6.45, 7) is 7.31. The van der Waals surface area contributed by atoms with Crippen molar-refractivity contribution < 1.29 is 14.3 Å². The first-order chi connectivity index (χ1) is 11.8. The molecule has 0 saturated carbocycles. The number of carbonyl (C=O) groups is 1. The summed E-state index contributed by atoms with van der Waals surface area (Å²) in [7, 11) is 0. The van der Waals surface area contributed by atoms with Gasteiger partial charge < -0.3 is 20.1 Å². The number of para-hydroxylation sites is 2. The summed E-state index contributed by atoms with van der Waals surface area (Å²) in [4.78, 5) is 22.6. The molecule has 0 radical (unpaired) electrons. The van der Waals surface area contributed by atoms with Crippen LogP contribution in [0.3, 0.4) is 0 Å². The minimum absolute atomic E-state index is 0.222. The van der Waals surface area contributed by atoms with Crippen molar-refractivity contribution in [2.75, 3.05) is 25.4 Å². The van der Waals surface area contributed by atoms with Crippen molar-refractivity contribution in [2.45, 2.75) is 32.8 Å². The average molecular weight is 344 g/mol. The van der Waals surface area contributed by atoms with E-state index in [1.807, 2.05) is 45.0 Å². The Kier molecular flexibility index (Phi) is 4.65. The van der Waals surface area contributed by atoms with Gasteiger partial charge in [-0.3, -0.25) is 0 Å². The van der Waals surface area contributed by atoms with E-state index in [1.165, 1.54) is 0 Å². The zero-order valence-electron chi connectivity index (χ0n) is 14.9. The second kappa shape index (κ2) is 6.74. The molecule has 1 aliphatic rings. The number of ether oxygens (including phenoxy) is 2. The van der Waals surface area contributed by atoms with E-state index in [4.69, 9.17) is 15.2 Å². The summed E-state index contributed by atoms with van der Waals surface area (Å²) < 4.78 is 11.2. The van der Waals surface area contributed by atoms with Crippen LogP contribution in [0.15, 0.2) is 24.3 Å². The quantitative estimate of drug-likeness (QED) is 0.921. The molecule has 2 heterocycles. The fourth-order valence-corrected chi connectivity index (χ4v) is 2.76. The van der Waals surface area contributed by atoms with Crippen LogP contribution in [0.4, 0.5) is 10.6 Å². The van der Waals surface area contributed by atoms with Crippen molar-refractivity contribution in [2.24, 2.45) is 5.92 Å². The molecule has 0 unspecified atom stereocenters. The SMILES string of the molecule is CC(C)(C)OC(=O)N1CC[C@@H](COc2nc3ccccc3nc2N)C1. The minimum atomic E-state index is -0.485. The first kappa shape index (κ1) is 17.3. The summed E-state index contributed by atoms with van der Waals surface area (Å²) >= 11 is 0. The van der Waals surface area contributed by atoms with E-state index in [1.54, 1.807) is 4.90 Å². The van der Waals surface area contributed by atoms with Gasteiger partial charge in [-0.2, -0.15) is 0 Å². The third kappa shape index (κ3) is 4.29. The predicted octanol–water partition coefficient (Wildman–Crippen LogP) is 2.85. The van der Waals surface area contributed by atoms with Gasteiger partial charge in [-0.1, -0.05) is 12.1 Å². The molecule has 134 valence electrons.